The minimum Gasteiger partial charge on any atom is -0.492 e. The number of carbonyl (C=O) groups excluding carboxylic acids is 1. The molecule has 0 aliphatic carbocycles. The van der Waals surface area contributed by atoms with Crippen LogP contribution in [0.25, 0.3) is 11.0 Å². The van der Waals surface area contributed by atoms with Crippen molar-refractivity contribution >= 4 is 28.5 Å². The minimum absolute atomic E-state index is 0.0533. The number of carbonyl (C=O) groups is 1. The molecule has 1 aliphatic rings. The van der Waals surface area contributed by atoms with Gasteiger partial charge in [-0.2, -0.15) is 0 Å². The van der Waals surface area contributed by atoms with Crippen LogP contribution in [-0.4, -0.2) is 41.9 Å². The van der Waals surface area contributed by atoms with Crippen molar-refractivity contribution in [1.82, 2.24) is 9.97 Å². The molecule has 1 aliphatic heterocycles. The molecule has 1 N–H and O–H groups in total. The molecule has 0 amide bonds. The van der Waals surface area contributed by atoms with Crippen LogP contribution in [-0.2, 0) is 9.47 Å². The van der Waals surface area contributed by atoms with E-state index in [0.717, 1.165) is 12.8 Å². The van der Waals surface area contributed by atoms with Crippen molar-refractivity contribution < 1.29 is 19.0 Å². The second-order valence-corrected chi connectivity index (χ2v) is 6.70. The average Bonchev–Trinajstić information content (AvgIpc) is 3.27. The lowest BCUT2D eigenvalue weighted by Crippen LogP contribution is -2.20. The Morgan fingerprint density at radius 3 is 2.66 bits per heavy atom. The van der Waals surface area contributed by atoms with Gasteiger partial charge in [-0.25, -0.2) is 14.8 Å². The summed E-state index contributed by atoms with van der Waals surface area (Å²) in [6.07, 6.45) is 1.82. The van der Waals surface area contributed by atoms with Crippen LogP contribution in [0.1, 0.15) is 30.3 Å². The molecule has 1 saturated heterocycles. The Bertz CT molecular complexity index is 1000. The first-order valence-corrected chi connectivity index (χ1v) is 9.79. The molecule has 7 heteroatoms. The lowest BCUT2D eigenvalue weighted by atomic mass is 10.2. The first-order chi connectivity index (χ1) is 14.2. The normalized spacial score (nSPS) is 16.0. The molecule has 2 heterocycles. The lowest BCUT2D eigenvalue weighted by Gasteiger charge is -2.15. The monoisotopic (exact) mass is 393 g/mol. The first-order valence-electron chi connectivity index (χ1n) is 9.79. The molecule has 0 unspecified atom stereocenters. The number of nitrogens with zero attached hydrogens (tertiary/aromatic N) is 2. The SMILES string of the molecule is CCOc1ccccc1Nc1nc2ccccc2nc1C(=O)OC[C@@H]1CCCO1. The van der Waals surface area contributed by atoms with Crippen molar-refractivity contribution in [3.8, 4) is 5.75 Å². The van der Waals surface area contributed by atoms with Gasteiger partial charge in [0.25, 0.3) is 0 Å². The Labute approximate surface area is 169 Å². The van der Waals surface area contributed by atoms with Crippen LogP contribution in [0.5, 0.6) is 5.75 Å². The molecule has 29 heavy (non-hydrogen) atoms. The van der Waals surface area contributed by atoms with Gasteiger partial charge in [-0.3, -0.25) is 0 Å². The molecule has 150 valence electrons. The summed E-state index contributed by atoms with van der Waals surface area (Å²) in [4.78, 5) is 21.9. The van der Waals surface area contributed by atoms with E-state index in [-0.39, 0.29) is 18.4 Å². The zero-order chi connectivity index (χ0) is 20.1. The number of benzene rings is 2. The Morgan fingerprint density at radius 2 is 1.90 bits per heavy atom. The largest absolute Gasteiger partial charge is 0.492 e. The molecular weight excluding hydrogens is 370 g/mol. The molecule has 3 aromatic rings. The van der Waals surface area contributed by atoms with Gasteiger partial charge in [0, 0.05) is 6.61 Å². The highest BCUT2D eigenvalue weighted by Crippen LogP contribution is 2.29. The van der Waals surface area contributed by atoms with E-state index in [0.29, 0.717) is 41.5 Å². The third kappa shape index (κ3) is 4.46. The third-order valence-corrected chi connectivity index (χ3v) is 4.63. The second-order valence-electron chi connectivity index (χ2n) is 6.70. The molecule has 0 radical (unpaired) electrons. The summed E-state index contributed by atoms with van der Waals surface area (Å²) < 4.78 is 16.7. The van der Waals surface area contributed by atoms with E-state index in [1.165, 1.54) is 0 Å². The lowest BCUT2D eigenvalue weighted by molar-refractivity contribution is 0.0157. The summed E-state index contributed by atoms with van der Waals surface area (Å²) >= 11 is 0. The number of hydrogen-bond donors (Lipinski definition) is 1. The summed E-state index contributed by atoms with van der Waals surface area (Å²) in [5, 5.41) is 3.20. The van der Waals surface area contributed by atoms with E-state index in [4.69, 9.17) is 14.2 Å². The van der Waals surface area contributed by atoms with Gasteiger partial charge in [0.15, 0.2) is 11.5 Å². The maximum Gasteiger partial charge on any atom is 0.360 e. The smallest absolute Gasteiger partial charge is 0.360 e. The molecule has 0 bridgehead atoms. The highest BCUT2D eigenvalue weighted by molar-refractivity contribution is 5.96. The highest BCUT2D eigenvalue weighted by Gasteiger charge is 2.22. The number of hydrogen-bond acceptors (Lipinski definition) is 7. The predicted molar refractivity (Wildman–Crippen MR) is 110 cm³/mol. The summed E-state index contributed by atoms with van der Waals surface area (Å²) in [5.74, 6) is 0.465. The minimum atomic E-state index is -0.532. The van der Waals surface area contributed by atoms with E-state index in [9.17, 15) is 4.79 Å². The Balaban J connectivity index is 1.65. The molecule has 0 spiro atoms. The maximum absolute atomic E-state index is 12.8. The van der Waals surface area contributed by atoms with Gasteiger partial charge >= 0.3 is 5.97 Å². The van der Waals surface area contributed by atoms with Crippen molar-refractivity contribution in [2.45, 2.75) is 25.9 Å². The van der Waals surface area contributed by atoms with Crippen LogP contribution >= 0.6 is 0 Å². The topological polar surface area (TPSA) is 82.6 Å². The molecule has 4 rings (SSSR count). The van der Waals surface area contributed by atoms with Crippen molar-refractivity contribution in [2.24, 2.45) is 0 Å². The zero-order valence-corrected chi connectivity index (χ0v) is 16.3. The van der Waals surface area contributed by atoms with Gasteiger partial charge in [-0.05, 0) is 44.0 Å². The number of ether oxygens (including phenoxy) is 3. The fourth-order valence-electron chi connectivity index (χ4n) is 3.22. The number of esters is 1. The fourth-order valence-corrected chi connectivity index (χ4v) is 3.22. The number of nitrogens with one attached hydrogen (secondary N) is 1. The number of para-hydroxylation sites is 4. The van der Waals surface area contributed by atoms with Crippen molar-refractivity contribution in [1.29, 1.82) is 0 Å². The van der Waals surface area contributed by atoms with Crippen LogP contribution in [0.15, 0.2) is 48.5 Å². The van der Waals surface area contributed by atoms with Gasteiger partial charge in [-0.1, -0.05) is 24.3 Å². The van der Waals surface area contributed by atoms with Gasteiger partial charge in [-0.15, -0.1) is 0 Å². The van der Waals surface area contributed by atoms with Gasteiger partial charge in [0.2, 0.25) is 0 Å². The van der Waals surface area contributed by atoms with Crippen molar-refractivity contribution in [3.05, 3.63) is 54.2 Å². The van der Waals surface area contributed by atoms with E-state index >= 15 is 0 Å². The van der Waals surface area contributed by atoms with Crippen LogP contribution in [0.3, 0.4) is 0 Å². The number of anilines is 2. The fraction of sp³-hybridized carbons (Fsp3) is 0.318. The maximum atomic E-state index is 12.8. The van der Waals surface area contributed by atoms with Crippen molar-refractivity contribution in [2.75, 3.05) is 25.1 Å². The van der Waals surface area contributed by atoms with Gasteiger partial charge in [0.05, 0.1) is 29.4 Å². The van der Waals surface area contributed by atoms with E-state index < -0.39 is 5.97 Å². The average molecular weight is 393 g/mol. The molecule has 1 atom stereocenters. The van der Waals surface area contributed by atoms with Gasteiger partial charge in [0.1, 0.15) is 12.4 Å². The molecular formula is C22H23N3O4. The number of aromatic nitrogens is 2. The Morgan fingerprint density at radius 1 is 1.14 bits per heavy atom. The second kappa shape index (κ2) is 8.87. The molecule has 0 saturated carbocycles. The van der Waals surface area contributed by atoms with Crippen LogP contribution < -0.4 is 10.1 Å². The van der Waals surface area contributed by atoms with Crippen LogP contribution in [0.2, 0.25) is 0 Å². The summed E-state index contributed by atoms with van der Waals surface area (Å²) in [6.45, 7) is 3.36. The zero-order valence-electron chi connectivity index (χ0n) is 16.3. The van der Waals surface area contributed by atoms with E-state index in [1.54, 1.807) is 0 Å². The Hall–Kier alpha value is -3.19. The number of rotatable bonds is 7. The van der Waals surface area contributed by atoms with Gasteiger partial charge < -0.3 is 19.5 Å². The third-order valence-electron chi connectivity index (χ3n) is 4.63. The predicted octanol–water partition coefficient (Wildman–Crippen LogP) is 4.11. The van der Waals surface area contributed by atoms with E-state index in [1.807, 2.05) is 55.5 Å². The van der Waals surface area contributed by atoms with Crippen LogP contribution in [0.4, 0.5) is 11.5 Å². The van der Waals surface area contributed by atoms with Crippen LogP contribution in [0, 0.1) is 0 Å². The molecule has 7 nitrogen and oxygen atoms in total. The molecule has 1 fully saturated rings. The highest BCUT2D eigenvalue weighted by atomic mass is 16.6. The standard InChI is InChI=1S/C22H23N3O4/c1-2-27-19-12-6-5-11-18(19)25-21-20(22(26)29-14-15-8-7-13-28-15)23-16-9-3-4-10-17(16)24-21/h3-6,9-12,15H,2,7-8,13-14H2,1H3,(H,24,25)/t15-/m0/s1. The quantitative estimate of drug-likeness (QED) is 0.605. The molecule has 1 aromatic heterocycles. The molecule has 2 aromatic carbocycles. The summed E-state index contributed by atoms with van der Waals surface area (Å²) in [6, 6.07) is 14.9. The summed E-state index contributed by atoms with van der Waals surface area (Å²) in [5.41, 5.74) is 2.14. The Kier molecular flexibility index (Phi) is 5.86. The van der Waals surface area contributed by atoms with Crippen molar-refractivity contribution in [3.63, 3.8) is 0 Å². The summed E-state index contributed by atoms with van der Waals surface area (Å²) in [7, 11) is 0. The first kappa shape index (κ1) is 19.1. The van der Waals surface area contributed by atoms with E-state index in [2.05, 4.69) is 15.3 Å². The number of fused-ring (bicyclic) bond motifs is 1.